The van der Waals surface area contributed by atoms with E-state index in [0.717, 1.165) is 0 Å². The van der Waals surface area contributed by atoms with E-state index >= 15 is 0 Å². The average molecular weight is 212 g/mol. The quantitative estimate of drug-likeness (QED) is 0.812. The zero-order valence-corrected chi connectivity index (χ0v) is 9.16. The van der Waals surface area contributed by atoms with E-state index in [1.807, 2.05) is 13.8 Å². The van der Waals surface area contributed by atoms with Gasteiger partial charge in [-0.3, -0.25) is 0 Å². The second-order valence-corrected chi connectivity index (χ2v) is 3.50. The number of hydrogen-bond donors (Lipinski definition) is 1. The lowest BCUT2D eigenvalue weighted by molar-refractivity contribution is -0.0528. The first kappa shape index (κ1) is 12.1. The van der Waals surface area contributed by atoms with Crippen LogP contribution in [0.15, 0.2) is 24.3 Å². The molecule has 1 unspecified atom stereocenters. The zero-order chi connectivity index (χ0) is 11.3. The van der Waals surface area contributed by atoms with E-state index < -0.39 is 5.60 Å². The van der Waals surface area contributed by atoms with Crippen LogP contribution < -0.4 is 0 Å². The molecule has 0 aliphatic carbocycles. The summed E-state index contributed by atoms with van der Waals surface area (Å²) in [6.07, 6.45) is 0.425. The highest BCUT2D eigenvalue weighted by Crippen LogP contribution is 2.27. The maximum Gasteiger partial charge on any atom is 0.129 e. The van der Waals surface area contributed by atoms with E-state index in [1.165, 1.54) is 6.07 Å². The van der Waals surface area contributed by atoms with Gasteiger partial charge in [-0.15, -0.1) is 0 Å². The Labute approximate surface area is 89.7 Å². The van der Waals surface area contributed by atoms with Gasteiger partial charge in [0.25, 0.3) is 0 Å². The molecule has 1 atom stereocenters. The fourth-order valence-corrected chi connectivity index (χ4v) is 1.48. The molecular formula is C12H17FO2. The van der Waals surface area contributed by atoms with Gasteiger partial charge in [-0.2, -0.15) is 0 Å². The molecule has 0 radical (unpaired) electrons. The maximum atomic E-state index is 13.5. The van der Waals surface area contributed by atoms with Gasteiger partial charge in [0.1, 0.15) is 11.4 Å². The van der Waals surface area contributed by atoms with Gasteiger partial charge in [0.05, 0.1) is 6.61 Å². The fourth-order valence-electron chi connectivity index (χ4n) is 1.48. The van der Waals surface area contributed by atoms with Gasteiger partial charge in [-0.1, -0.05) is 25.1 Å². The lowest BCUT2D eigenvalue weighted by atomic mass is 9.91. The van der Waals surface area contributed by atoms with Crippen LogP contribution in [0, 0.1) is 5.82 Å². The maximum absolute atomic E-state index is 13.5. The number of rotatable bonds is 5. The van der Waals surface area contributed by atoms with Crippen molar-refractivity contribution in [3.63, 3.8) is 0 Å². The summed E-state index contributed by atoms with van der Waals surface area (Å²) in [6, 6.07) is 6.26. The Morgan fingerprint density at radius 2 is 2.00 bits per heavy atom. The highest BCUT2D eigenvalue weighted by molar-refractivity contribution is 5.24. The SMILES string of the molecule is CCOCC(O)(CC)c1ccccc1F. The minimum absolute atomic E-state index is 0.126. The molecule has 1 aromatic rings. The van der Waals surface area contributed by atoms with E-state index in [-0.39, 0.29) is 12.4 Å². The first-order valence-electron chi connectivity index (χ1n) is 5.19. The third-order valence-electron chi connectivity index (χ3n) is 2.51. The van der Waals surface area contributed by atoms with Crippen LogP contribution in [0.2, 0.25) is 0 Å². The Morgan fingerprint density at radius 3 is 2.53 bits per heavy atom. The Morgan fingerprint density at radius 1 is 1.33 bits per heavy atom. The van der Waals surface area contributed by atoms with E-state index in [2.05, 4.69) is 0 Å². The molecular weight excluding hydrogens is 195 g/mol. The molecule has 0 saturated carbocycles. The second kappa shape index (κ2) is 5.24. The first-order chi connectivity index (χ1) is 7.14. The largest absolute Gasteiger partial charge is 0.383 e. The lowest BCUT2D eigenvalue weighted by Gasteiger charge is -2.27. The van der Waals surface area contributed by atoms with Gasteiger partial charge in [0, 0.05) is 12.2 Å². The standard InChI is InChI=1S/C12H17FO2/c1-3-12(14,9-15-4-2)10-7-5-6-8-11(10)13/h5-8,14H,3-4,9H2,1-2H3. The predicted octanol–water partition coefficient (Wildman–Crippen LogP) is 2.46. The van der Waals surface area contributed by atoms with Crippen LogP contribution in [0.25, 0.3) is 0 Å². The summed E-state index contributed by atoms with van der Waals surface area (Å²) in [6.45, 7) is 4.29. The van der Waals surface area contributed by atoms with Crippen LogP contribution in [-0.2, 0) is 10.3 Å². The van der Waals surface area contributed by atoms with Crippen molar-refractivity contribution >= 4 is 0 Å². The normalized spacial score (nSPS) is 14.9. The molecule has 0 bridgehead atoms. The summed E-state index contributed by atoms with van der Waals surface area (Å²) in [5.74, 6) is -0.387. The van der Waals surface area contributed by atoms with Crippen LogP contribution in [0.3, 0.4) is 0 Å². The number of benzene rings is 1. The summed E-state index contributed by atoms with van der Waals surface area (Å²) in [7, 11) is 0. The molecule has 0 aliphatic rings. The minimum Gasteiger partial charge on any atom is -0.383 e. The molecule has 1 N–H and O–H groups in total. The molecule has 3 heteroatoms. The Bertz CT molecular complexity index is 314. The van der Waals surface area contributed by atoms with Gasteiger partial charge in [-0.05, 0) is 19.4 Å². The molecule has 84 valence electrons. The van der Waals surface area contributed by atoms with E-state index in [9.17, 15) is 9.50 Å². The smallest absolute Gasteiger partial charge is 0.129 e. The van der Waals surface area contributed by atoms with E-state index in [1.54, 1.807) is 18.2 Å². The van der Waals surface area contributed by atoms with Crippen LogP contribution in [0.1, 0.15) is 25.8 Å². The number of ether oxygens (including phenoxy) is 1. The van der Waals surface area contributed by atoms with Crippen molar-refractivity contribution in [2.75, 3.05) is 13.2 Å². The third kappa shape index (κ3) is 2.76. The summed E-state index contributed by atoms with van der Waals surface area (Å²) in [5, 5.41) is 10.2. The molecule has 15 heavy (non-hydrogen) atoms. The Kier molecular flexibility index (Phi) is 4.24. The van der Waals surface area contributed by atoms with Crippen molar-refractivity contribution in [3.05, 3.63) is 35.6 Å². The van der Waals surface area contributed by atoms with Gasteiger partial charge < -0.3 is 9.84 Å². The van der Waals surface area contributed by atoms with Crippen LogP contribution >= 0.6 is 0 Å². The molecule has 0 spiro atoms. The Hall–Kier alpha value is -0.930. The summed E-state index contributed by atoms with van der Waals surface area (Å²) in [5.41, 5.74) is -0.914. The second-order valence-electron chi connectivity index (χ2n) is 3.50. The van der Waals surface area contributed by atoms with Gasteiger partial charge in [0.15, 0.2) is 0 Å². The third-order valence-corrected chi connectivity index (χ3v) is 2.51. The predicted molar refractivity (Wildman–Crippen MR) is 57.1 cm³/mol. The molecule has 0 heterocycles. The fraction of sp³-hybridized carbons (Fsp3) is 0.500. The zero-order valence-electron chi connectivity index (χ0n) is 9.16. The molecule has 1 aromatic carbocycles. The number of hydrogen-bond acceptors (Lipinski definition) is 2. The van der Waals surface area contributed by atoms with Gasteiger partial charge >= 0.3 is 0 Å². The highest BCUT2D eigenvalue weighted by Gasteiger charge is 2.30. The minimum atomic E-state index is -1.22. The Balaban J connectivity index is 2.95. The molecule has 1 rings (SSSR count). The first-order valence-corrected chi connectivity index (χ1v) is 5.19. The van der Waals surface area contributed by atoms with Gasteiger partial charge in [0.2, 0.25) is 0 Å². The number of aliphatic hydroxyl groups is 1. The van der Waals surface area contributed by atoms with Crippen LogP contribution in [0.4, 0.5) is 4.39 Å². The van der Waals surface area contributed by atoms with Crippen molar-refractivity contribution in [1.29, 1.82) is 0 Å². The van der Waals surface area contributed by atoms with Crippen molar-refractivity contribution in [1.82, 2.24) is 0 Å². The monoisotopic (exact) mass is 212 g/mol. The average Bonchev–Trinajstić information content (AvgIpc) is 2.26. The van der Waals surface area contributed by atoms with Gasteiger partial charge in [-0.25, -0.2) is 4.39 Å². The summed E-state index contributed by atoms with van der Waals surface area (Å²) >= 11 is 0. The van der Waals surface area contributed by atoms with E-state index in [4.69, 9.17) is 4.74 Å². The molecule has 2 nitrogen and oxygen atoms in total. The van der Waals surface area contributed by atoms with Crippen molar-refractivity contribution in [2.24, 2.45) is 0 Å². The van der Waals surface area contributed by atoms with Crippen molar-refractivity contribution in [3.8, 4) is 0 Å². The van der Waals surface area contributed by atoms with Crippen LogP contribution in [0.5, 0.6) is 0 Å². The topological polar surface area (TPSA) is 29.5 Å². The molecule has 0 fully saturated rings. The van der Waals surface area contributed by atoms with E-state index in [0.29, 0.717) is 18.6 Å². The van der Waals surface area contributed by atoms with Crippen molar-refractivity contribution in [2.45, 2.75) is 25.9 Å². The molecule has 0 aromatic heterocycles. The molecule has 0 aliphatic heterocycles. The summed E-state index contributed by atoms with van der Waals surface area (Å²) < 4.78 is 18.7. The van der Waals surface area contributed by atoms with Crippen LogP contribution in [-0.4, -0.2) is 18.3 Å². The summed E-state index contributed by atoms with van der Waals surface area (Å²) in [4.78, 5) is 0. The molecule has 0 amide bonds. The highest BCUT2D eigenvalue weighted by atomic mass is 19.1. The molecule has 0 saturated heterocycles. The van der Waals surface area contributed by atoms with Crippen molar-refractivity contribution < 1.29 is 14.2 Å². The number of halogens is 1. The lowest BCUT2D eigenvalue weighted by Crippen LogP contribution is -2.32.